The third-order valence-electron chi connectivity index (χ3n) is 4.61. The average molecular weight is 427 g/mol. The Kier molecular flexibility index (Phi) is 6.27. The molecule has 0 atom stereocenters. The lowest BCUT2D eigenvalue weighted by Crippen LogP contribution is -2.17. The molecule has 1 aromatic heterocycles. The largest absolute Gasteiger partial charge is 0.325 e. The molecule has 8 nitrogen and oxygen atoms in total. The monoisotopic (exact) mass is 426 g/mol. The van der Waals surface area contributed by atoms with Crippen LogP contribution in [0.1, 0.15) is 33.7 Å². The van der Waals surface area contributed by atoms with Crippen molar-refractivity contribution in [2.45, 2.75) is 26.8 Å². The number of anilines is 1. The van der Waals surface area contributed by atoms with Gasteiger partial charge in [0, 0.05) is 22.6 Å². The number of nitrogens with zero attached hydrogens (tertiary/aromatic N) is 3. The molecule has 1 heterocycles. The third-order valence-corrected chi connectivity index (χ3v) is 4.85. The van der Waals surface area contributed by atoms with Gasteiger partial charge in [0.2, 0.25) is 5.91 Å². The highest BCUT2D eigenvalue weighted by Gasteiger charge is 2.22. The molecule has 1 N–H and O–H groups in total. The Labute approximate surface area is 177 Å². The van der Waals surface area contributed by atoms with Gasteiger partial charge in [-0.05, 0) is 32.0 Å². The molecule has 9 heteroatoms. The van der Waals surface area contributed by atoms with Crippen molar-refractivity contribution in [3.8, 4) is 0 Å². The molecule has 0 fully saturated rings. The SMILES string of the molecule is Cc1nn(CCC(=O)Nc2ccc(Cl)cc2C(=O)c2ccccc2)c(C)c1[N+](=O)[O-]. The fraction of sp³-hybridized carbons (Fsp3) is 0.190. The summed E-state index contributed by atoms with van der Waals surface area (Å²) < 4.78 is 1.44. The number of hydrogen-bond acceptors (Lipinski definition) is 5. The van der Waals surface area contributed by atoms with E-state index in [1.165, 1.54) is 10.7 Å². The minimum atomic E-state index is -0.483. The summed E-state index contributed by atoms with van der Waals surface area (Å²) in [5, 5.41) is 18.3. The van der Waals surface area contributed by atoms with Gasteiger partial charge in [-0.1, -0.05) is 41.9 Å². The van der Waals surface area contributed by atoms with Crippen LogP contribution < -0.4 is 5.32 Å². The van der Waals surface area contributed by atoms with Crippen LogP contribution in [-0.4, -0.2) is 26.4 Å². The number of nitrogens with one attached hydrogen (secondary N) is 1. The maximum absolute atomic E-state index is 12.8. The Morgan fingerprint density at radius 2 is 1.87 bits per heavy atom. The summed E-state index contributed by atoms with van der Waals surface area (Å²) in [6.45, 7) is 3.31. The Morgan fingerprint density at radius 3 is 2.50 bits per heavy atom. The second-order valence-corrected chi connectivity index (χ2v) is 7.12. The molecule has 154 valence electrons. The number of carbonyl (C=O) groups excluding carboxylic acids is 2. The van der Waals surface area contributed by atoms with Gasteiger partial charge in [-0.15, -0.1) is 0 Å². The summed E-state index contributed by atoms with van der Waals surface area (Å²) in [6.07, 6.45) is 0.0285. The standard InChI is InChI=1S/C21H19ClN4O4/c1-13-20(26(29)30)14(2)25(24-13)11-10-19(27)23-18-9-8-16(22)12-17(18)21(28)15-6-4-3-5-7-15/h3-9,12H,10-11H2,1-2H3,(H,23,27). The molecular formula is C21H19ClN4O4. The average Bonchev–Trinajstić information content (AvgIpc) is 3.01. The van der Waals surface area contributed by atoms with Crippen LogP contribution in [0.25, 0.3) is 0 Å². The van der Waals surface area contributed by atoms with Crippen LogP contribution in [0.2, 0.25) is 5.02 Å². The van der Waals surface area contributed by atoms with Crippen molar-refractivity contribution >= 4 is 34.7 Å². The number of nitro groups is 1. The molecule has 0 aliphatic rings. The van der Waals surface area contributed by atoms with Crippen LogP contribution in [-0.2, 0) is 11.3 Å². The highest BCUT2D eigenvalue weighted by atomic mass is 35.5. The molecule has 0 aliphatic heterocycles. The smallest absolute Gasteiger partial charge is 0.312 e. The number of carbonyl (C=O) groups is 2. The number of halogens is 1. The van der Waals surface area contributed by atoms with E-state index in [9.17, 15) is 19.7 Å². The van der Waals surface area contributed by atoms with E-state index < -0.39 is 4.92 Å². The fourth-order valence-electron chi connectivity index (χ4n) is 3.15. The van der Waals surface area contributed by atoms with Gasteiger partial charge in [0.15, 0.2) is 5.78 Å². The van der Waals surface area contributed by atoms with Crippen LogP contribution >= 0.6 is 11.6 Å². The summed E-state index contributed by atoms with van der Waals surface area (Å²) >= 11 is 6.05. The number of aryl methyl sites for hydroxylation is 2. The van der Waals surface area contributed by atoms with Crippen molar-refractivity contribution in [2.75, 3.05) is 5.32 Å². The minimum absolute atomic E-state index is 0.0285. The van der Waals surface area contributed by atoms with E-state index in [4.69, 9.17) is 11.6 Å². The molecule has 2 aromatic carbocycles. The number of aromatic nitrogens is 2. The molecule has 30 heavy (non-hydrogen) atoms. The van der Waals surface area contributed by atoms with E-state index in [-0.39, 0.29) is 35.9 Å². The summed E-state index contributed by atoms with van der Waals surface area (Å²) in [5.41, 5.74) is 1.73. The van der Waals surface area contributed by atoms with Crippen LogP contribution in [0.3, 0.4) is 0 Å². The first kappa shape index (κ1) is 21.2. The molecule has 0 saturated carbocycles. The van der Waals surface area contributed by atoms with Gasteiger partial charge in [0.1, 0.15) is 11.4 Å². The van der Waals surface area contributed by atoms with Gasteiger partial charge >= 0.3 is 5.69 Å². The molecule has 0 unspecified atom stereocenters. The summed E-state index contributed by atoms with van der Waals surface area (Å²) in [4.78, 5) is 36.0. The van der Waals surface area contributed by atoms with E-state index in [0.29, 0.717) is 27.7 Å². The zero-order valence-corrected chi connectivity index (χ0v) is 17.1. The maximum atomic E-state index is 12.8. The first-order valence-electron chi connectivity index (χ1n) is 9.15. The summed E-state index contributed by atoms with van der Waals surface area (Å²) in [5.74, 6) is -0.614. The Bertz CT molecular complexity index is 1130. The van der Waals surface area contributed by atoms with Crippen molar-refractivity contribution in [3.63, 3.8) is 0 Å². The zero-order chi connectivity index (χ0) is 21.8. The minimum Gasteiger partial charge on any atom is -0.325 e. The van der Waals surface area contributed by atoms with E-state index in [2.05, 4.69) is 10.4 Å². The lowest BCUT2D eigenvalue weighted by Gasteiger charge is -2.11. The lowest BCUT2D eigenvalue weighted by molar-refractivity contribution is -0.386. The predicted octanol–water partition coefficient (Wildman–Crippen LogP) is 4.32. The van der Waals surface area contributed by atoms with Crippen LogP contribution in [0.4, 0.5) is 11.4 Å². The van der Waals surface area contributed by atoms with Crippen LogP contribution in [0.5, 0.6) is 0 Å². The number of amides is 1. The number of hydrogen-bond donors (Lipinski definition) is 1. The zero-order valence-electron chi connectivity index (χ0n) is 16.4. The van der Waals surface area contributed by atoms with Gasteiger partial charge in [-0.3, -0.25) is 24.4 Å². The fourth-order valence-corrected chi connectivity index (χ4v) is 3.32. The summed E-state index contributed by atoms with van der Waals surface area (Å²) in [7, 11) is 0. The molecule has 1 amide bonds. The molecule has 0 radical (unpaired) electrons. The molecule has 3 rings (SSSR count). The highest BCUT2D eigenvalue weighted by Crippen LogP contribution is 2.25. The second kappa shape index (κ2) is 8.87. The Morgan fingerprint density at radius 1 is 1.17 bits per heavy atom. The predicted molar refractivity (Wildman–Crippen MR) is 113 cm³/mol. The van der Waals surface area contributed by atoms with Gasteiger partial charge < -0.3 is 5.32 Å². The number of rotatable bonds is 7. The van der Waals surface area contributed by atoms with E-state index in [1.807, 2.05) is 0 Å². The van der Waals surface area contributed by atoms with Gasteiger partial charge in [0.25, 0.3) is 0 Å². The maximum Gasteiger partial charge on any atom is 0.312 e. The van der Waals surface area contributed by atoms with Crippen LogP contribution in [0.15, 0.2) is 48.5 Å². The van der Waals surface area contributed by atoms with E-state index >= 15 is 0 Å². The van der Waals surface area contributed by atoms with Crippen molar-refractivity contribution in [3.05, 3.63) is 86.2 Å². The molecular weight excluding hydrogens is 408 g/mol. The number of benzene rings is 2. The Balaban J connectivity index is 1.76. The van der Waals surface area contributed by atoms with Gasteiger partial charge in [-0.2, -0.15) is 5.10 Å². The Hall–Kier alpha value is -3.52. The molecule has 3 aromatic rings. The van der Waals surface area contributed by atoms with E-state index in [0.717, 1.165) is 0 Å². The second-order valence-electron chi connectivity index (χ2n) is 6.68. The van der Waals surface area contributed by atoms with Crippen LogP contribution in [0, 0.1) is 24.0 Å². The molecule has 0 spiro atoms. The first-order chi connectivity index (χ1) is 14.3. The molecule has 0 bridgehead atoms. The van der Waals surface area contributed by atoms with Crippen molar-refractivity contribution in [1.29, 1.82) is 0 Å². The van der Waals surface area contributed by atoms with E-state index in [1.54, 1.807) is 56.3 Å². The number of ketones is 1. The van der Waals surface area contributed by atoms with Gasteiger partial charge in [-0.25, -0.2) is 0 Å². The third kappa shape index (κ3) is 4.55. The van der Waals surface area contributed by atoms with Crippen molar-refractivity contribution in [1.82, 2.24) is 9.78 Å². The summed E-state index contributed by atoms with van der Waals surface area (Å²) in [6, 6.07) is 13.4. The normalized spacial score (nSPS) is 10.6. The quantitative estimate of drug-likeness (QED) is 0.344. The molecule has 0 aliphatic carbocycles. The van der Waals surface area contributed by atoms with Crippen molar-refractivity contribution in [2.24, 2.45) is 0 Å². The highest BCUT2D eigenvalue weighted by molar-refractivity contribution is 6.31. The lowest BCUT2D eigenvalue weighted by atomic mass is 10.0. The first-order valence-corrected chi connectivity index (χ1v) is 9.53. The molecule has 0 saturated heterocycles. The van der Waals surface area contributed by atoms with Crippen molar-refractivity contribution < 1.29 is 14.5 Å². The topological polar surface area (TPSA) is 107 Å². The van der Waals surface area contributed by atoms with Gasteiger partial charge in [0.05, 0.1) is 17.2 Å².